The van der Waals surface area contributed by atoms with Crippen molar-refractivity contribution in [3.8, 4) is 16.9 Å². The molecule has 2 rings (SSSR count). The van der Waals surface area contributed by atoms with Crippen LogP contribution in [0.4, 0.5) is 5.82 Å². The van der Waals surface area contributed by atoms with E-state index in [2.05, 4.69) is 10.2 Å². The van der Waals surface area contributed by atoms with Crippen LogP contribution in [0.3, 0.4) is 0 Å². The minimum Gasteiger partial charge on any atom is -0.496 e. The summed E-state index contributed by atoms with van der Waals surface area (Å²) in [5.74, 6) is 1.39. The van der Waals surface area contributed by atoms with E-state index < -0.39 is 0 Å². The fourth-order valence-corrected chi connectivity index (χ4v) is 1.65. The molecule has 0 aliphatic rings. The van der Waals surface area contributed by atoms with Gasteiger partial charge in [-0.1, -0.05) is 18.2 Å². The number of hydrogen-bond donors (Lipinski definition) is 2. The molecular weight excluding hydrogens is 190 g/mol. The zero-order chi connectivity index (χ0) is 10.8. The molecule has 1 aromatic carbocycles. The van der Waals surface area contributed by atoms with Gasteiger partial charge in [0.1, 0.15) is 11.6 Å². The van der Waals surface area contributed by atoms with Crippen LogP contribution in [-0.4, -0.2) is 17.3 Å². The van der Waals surface area contributed by atoms with Crippen LogP contribution in [0.15, 0.2) is 24.4 Å². The maximum atomic E-state index is 5.77. The van der Waals surface area contributed by atoms with Crippen LogP contribution in [0.25, 0.3) is 11.1 Å². The highest BCUT2D eigenvalue weighted by atomic mass is 16.5. The molecule has 78 valence electrons. The lowest BCUT2D eigenvalue weighted by molar-refractivity contribution is 0.413. The molecule has 0 aliphatic heterocycles. The lowest BCUT2D eigenvalue weighted by Gasteiger charge is -2.10. The Kier molecular flexibility index (Phi) is 2.33. The number of H-pyrrole nitrogens is 1. The van der Waals surface area contributed by atoms with E-state index in [0.29, 0.717) is 5.82 Å². The molecule has 0 saturated carbocycles. The highest BCUT2D eigenvalue weighted by Crippen LogP contribution is 2.34. The van der Waals surface area contributed by atoms with Crippen LogP contribution < -0.4 is 10.5 Å². The maximum Gasteiger partial charge on any atom is 0.129 e. The van der Waals surface area contributed by atoms with E-state index in [-0.39, 0.29) is 0 Å². The van der Waals surface area contributed by atoms with E-state index in [4.69, 9.17) is 10.5 Å². The number of hydrogen-bond acceptors (Lipinski definition) is 3. The van der Waals surface area contributed by atoms with Gasteiger partial charge in [-0.25, -0.2) is 0 Å². The van der Waals surface area contributed by atoms with Crippen LogP contribution >= 0.6 is 0 Å². The van der Waals surface area contributed by atoms with E-state index in [9.17, 15) is 0 Å². The van der Waals surface area contributed by atoms with Crippen LogP contribution in [0.1, 0.15) is 5.56 Å². The fraction of sp³-hybridized carbons (Fsp3) is 0.182. The van der Waals surface area contributed by atoms with Crippen molar-refractivity contribution in [1.29, 1.82) is 0 Å². The molecule has 0 amide bonds. The first-order chi connectivity index (χ1) is 7.24. The van der Waals surface area contributed by atoms with Crippen molar-refractivity contribution in [3.63, 3.8) is 0 Å². The van der Waals surface area contributed by atoms with E-state index in [1.54, 1.807) is 13.3 Å². The first kappa shape index (κ1) is 9.58. The molecule has 2 aromatic rings. The Morgan fingerprint density at radius 3 is 2.73 bits per heavy atom. The molecule has 0 atom stereocenters. The first-order valence-corrected chi connectivity index (χ1v) is 4.67. The summed E-state index contributed by atoms with van der Waals surface area (Å²) in [7, 11) is 1.65. The second kappa shape index (κ2) is 3.65. The number of aryl methyl sites for hydroxylation is 1. The number of nitrogens with two attached hydrogens (primary N) is 1. The standard InChI is InChI=1S/C11H13N3O/c1-7-4-3-5-8(10(7)15-2)9-6-13-14-11(9)12/h3-6H,1-2H3,(H3,12,13,14). The molecule has 1 heterocycles. The second-order valence-electron chi connectivity index (χ2n) is 3.35. The number of aromatic nitrogens is 2. The molecule has 4 heteroatoms. The molecule has 0 unspecified atom stereocenters. The quantitative estimate of drug-likeness (QED) is 0.784. The van der Waals surface area contributed by atoms with Crippen LogP contribution in [0.5, 0.6) is 5.75 Å². The largest absolute Gasteiger partial charge is 0.496 e. The topological polar surface area (TPSA) is 63.9 Å². The lowest BCUT2D eigenvalue weighted by Crippen LogP contribution is -1.93. The third-order valence-corrected chi connectivity index (χ3v) is 2.38. The Morgan fingerprint density at radius 2 is 2.13 bits per heavy atom. The molecule has 3 N–H and O–H groups in total. The number of anilines is 1. The molecule has 0 spiro atoms. The Labute approximate surface area is 88.1 Å². The molecule has 0 aliphatic carbocycles. The number of benzene rings is 1. The summed E-state index contributed by atoms with van der Waals surface area (Å²) in [5, 5.41) is 6.61. The minimum atomic E-state index is 0.555. The molecule has 0 fully saturated rings. The normalized spacial score (nSPS) is 10.3. The van der Waals surface area contributed by atoms with Gasteiger partial charge in [0, 0.05) is 11.1 Å². The van der Waals surface area contributed by atoms with E-state index in [1.165, 1.54) is 0 Å². The molecule has 4 nitrogen and oxygen atoms in total. The molecule has 0 radical (unpaired) electrons. The van der Waals surface area contributed by atoms with Crippen molar-refractivity contribution in [1.82, 2.24) is 10.2 Å². The molecule has 0 bridgehead atoms. The van der Waals surface area contributed by atoms with Crippen molar-refractivity contribution >= 4 is 5.82 Å². The minimum absolute atomic E-state index is 0.555. The molecular formula is C11H13N3O. The zero-order valence-corrected chi connectivity index (χ0v) is 8.74. The van der Waals surface area contributed by atoms with Crippen LogP contribution in [-0.2, 0) is 0 Å². The molecule has 15 heavy (non-hydrogen) atoms. The Hall–Kier alpha value is -1.97. The maximum absolute atomic E-state index is 5.77. The number of para-hydroxylation sites is 1. The van der Waals surface area contributed by atoms with Gasteiger partial charge in [-0.2, -0.15) is 5.10 Å². The van der Waals surface area contributed by atoms with Gasteiger partial charge in [0.25, 0.3) is 0 Å². The average molecular weight is 203 g/mol. The third-order valence-electron chi connectivity index (χ3n) is 2.38. The van der Waals surface area contributed by atoms with Gasteiger partial charge in [0.05, 0.1) is 13.3 Å². The third kappa shape index (κ3) is 1.54. The number of nitrogens with zero attached hydrogens (tertiary/aromatic N) is 1. The van der Waals surface area contributed by atoms with Gasteiger partial charge in [-0.05, 0) is 12.5 Å². The number of nitrogen functional groups attached to an aromatic ring is 1. The van der Waals surface area contributed by atoms with Gasteiger partial charge >= 0.3 is 0 Å². The summed E-state index contributed by atoms with van der Waals surface area (Å²) in [4.78, 5) is 0. The smallest absolute Gasteiger partial charge is 0.129 e. The predicted octanol–water partition coefficient (Wildman–Crippen LogP) is 1.98. The van der Waals surface area contributed by atoms with Gasteiger partial charge in [0.2, 0.25) is 0 Å². The van der Waals surface area contributed by atoms with Crippen molar-refractivity contribution in [2.24, 2.45) is 0 Å². The highest BCUT2D eigenvalue weighted by molar-refractivity contribution is 5.78. The van der Waals surface area contributed by atoms with E-state index >= 15 is 0 Å². The Balaban J connectivity index is 2.63. The number of rotatable bonds is 2. The first-order valence-electron chi connectivity index (χ1n) is 4.67. The molecule has 0 saturated heterocycles. The number of nitrogens with one attached hydrogen (secondary N) is 1. The summed E-state index contributed by atoms with van der Waals surface area (Å²) >= 11 is 0. The Bertz CT molecular complexity index is 476. The SMILES string of the molecule is COc1c(C)cccc1-c1cn[nH]c1N. The number of aromatic amines is 1. The fourth-order valence-electron chi connectivity index (χ4n) is 1.65. The predicted molar refractivity (Wildman–Crippen MR) is 59.7 cm³/mol. The Morgan fingerprint density at radius 1 is 1.33 bits per heavy atom. The van der Waals surface area contributed by atoms with Gasteiger partial charge in [-0.3, -0.25) is 5.10 Å². The lowest BCUT2D eigenvalue weighted by atomic mass is 10.0. The summed E-state index contributed by atoms with van der Waals surface area (Å²) in [6, 6.07) is 5.94. The summed E-state index contributed by atoms with van der Waals surface area (Å²) in [5.41, 5.74) is 8.68. The monoisotopic (exact) mass is 203 g/mol. The van der Waals surface area contributed by atoms with E-state index in [1.807, 2.05) is 25.1 Å². The summed E-state index contributed by atoms with van der Waals surface area (Å²) < 4.78 is 5.36. The van der Waals surface area contributed by atoms with Crippen molar-refractivity contribution in [2.75, 3.05) is 12.8 Å². The summed E-state index contributed by atoms with van der Waals surface area (Å²) in [6.45, 7) is 2.00. The van der Waals surface area contributed by atoms with Gasteiger partial charge in [0.15, 0.2) is 0 Å². The van der Waals surface area contributed by atoms with Gasteiger partial charge < -0.3 is 10.5 Å². The zero-order valence-electron chi connectivity index (χ0n) is 8.74. The van der Waals surface area contributed by atoms with Crippen LogP contribution in [0, 0.1) is 6.92 Å². The van der Waals surface area contributed by atoms with Crippen molar-refractivity contribution in [3.05, 3.63) is 30.0 Å². The summed E-state index contributed by atoms with van der Waals surface area (Å²) in [6.07, 6.45) is 1.70. The highest BCUT2D eigenvalue weighted by Gasteiger charge is 2.11. The molecule has 1 aromatic heterocycles. The average Bonchev–Trinajstić information content (AvgIpc) is 2.64. The van der Waals surface area contributed by atoms with Crippen molar-refractivity contribution < 1.29 is 4.74 Å². The van der Waals surface area contributed by atoms with Crippen molar-refractivity contribution in [2.45, 2.75) is 6.92 Å². The van der Waals surface area contributed by atoms with Crippen LogP contribution in [0.2, 0.25) is 0 Å². The van der Waals surface area contributed by atoms with E-state index in [0.717, 1.165) is 22.4 Å². The van der Waals surface area contributed by atoms with Gasteiger partial charge in [-0.15, -0.1) is 0 Å². The number of ether oxygens (including phenoxy) is 1. The second-order valence-corrected chi connectivity index (χ2v) is 3.35. The number of methoxy groups -OCH3 is 1.